The molecule has 0 amide bonds. The zero-order valence-electron chi connectivity index (χ0n) is 10.8. The van der Waals surface area contributed by atoms with Gasteiger partial charge in [-0.1, -0.05) is 48.0 Å². The molecule has 1 atom stereocenters. The molecule has 96 valence electrons. The van der Waals surface area contributed by atoms with E-state index in [1.807, 2.05) is 42.5 Å². The van der Waals surface area contributed by atoms with Gasteiger partial charge in [0.2, 0.25) is 0 Å². The van der Waals surface area contributed by atoms with Crippen LogP contribution in [0, 0.1) is 0 Å². The van der Waals surface area contributed by atoms with E-state index in [4.69, 9.17) is 16.6 Å². The van der Waals surface area contributed by atoms with Crippen molar-refractivity contribution in [3.8, 4) is 0 Å². The Labute approximate surface area is 117 Å². The van der Waals surface area contributed by atoms with Crippen LogP contribution in [0.15, 0.2) is 53.5 Å². The second-order valence-corrected chi connectivity index (χ2v) is 4.95. The van der Waals surface area contributed by atoms with E-state index >= 15 is 0 Å². The molecule has 1 unspecified atom stereocenters. The lowest BCUT2D eigenvalue weighted by Crippen LogP contribution is -2.37. The number of para-hydroxylation sites is 1. The minimum absolute atomic E-state index is 0.0337. The van der Waals surface area contributed by atoms with Gasteiger partial charge in [-0.2, -0.15) is 0 Å². The lowest BCUT2D eigenvalue weighted by atomic mass is 10.1. The number of benzene rings is 2. The number of fused-ring (bicyclic) bond motifs is 1. The topological polar surface area (TPSA) is 15.6 Å². The first-order chi connectivity index (χ1) is 9.29. The average Bonchev–Trinajstić information content (AvgIpc) is 2.46. The van der Waals surface area contributed by atoms with E-state index in [1.165, 1.54) is 0 Å². The minimum atomic E-state index is -0.0337. The third-order valence-corrected chi connectivity index (χ3v) is 3.71. The van der Waals surface area contributed by atoms with Crippen molar-refractivity contribution in [1.82, 2.24) is 4.90 Å². The number of nitrogens with zero attached hydrogens (tertiary/aromatic N) is 2. The highest BCUT2D eigenvalue weighted by molar-refractivity contribution is 6.31. The highest BCUT2D eigenvalue weighted by Gasteiger charge is 2.20. The van der Waals surface area contributed by atoms with E-state index in [9.17, 15) is 0 Å². The normalized spacial score (nSPS) is 17.4. The number of hydrogen-bond acceptors (Lipinski definition) is 2. The molecule has 0 N–H and O–H groups in total. The molecule has 0 aliphatic carbocycles. The smallest absolute Gasteiger partial charge is 0.148 e. The summed E-state index contributed by atoms with van der Waals surface area (Å²) in [5, 5.41) is 2.95. The Bertz CT molecular complexity index is 709. The summed E-state index contributed by atoms with van der Waals surface area (Å²) in [6.45, 7) is 3.03. The molecular formula is C16H15ClN2. The van der Waals surface area contributed by atoms with E-state index < -0.39 is 0 Å². The zero-order valence-corrected chi connectivity index (χ0v) is 11.5. The van der Waals surface area contributed by atoms with Gasteiger partial charge >= 0.3 is 0 Å². The van der Waals surface area contributed by atoms with Crippen molar-refractivity contribution in [2.45, 2.75) is 13.1 Å². The predicted octanol–water partition coefficient (Wildman–Crippen LogP) is 2.73. The lowest BCUT2D eigenvalue weighted by Gasteiger charge is -2.29. The molecule has 0 bridgehead atoms. The first kappa shape index (κ1) is 12.2. The Kier molecular flexibility index (Phi) is 3.26. The van der Waals surface area contributed by atoms with Crippen LogP contribution < -0.4 is 10.6 Å². The Morgan fingerprint density at radius 3 is 2.63 bits per heavy atom. The van der Waals surface area contributed by atoms with Crippen LogP contribution in [0.4, 0.5) is 0 Å². The summed E-state index contributed by atoms with van der Waals surface area (Å²) < 4.78 is 0. The van der Waals surface area contributed by atoms with Crippen LogP contribution >= 0.6 is 11.6 Å². The molecule has 19 heavy (non-hydrogen) atoms. The quantitative estimate of drug-likeness (QED) is 0.819. The number of rotatable bonds is 2. The molecule has 0 saturated heterocycles. The summed E-state index contributed by atoms with van der Waals surface area (Å²) in [7, 11) is 0. The molecule has 3 rings (SSSR count). The van der Waals surface area contributed by atoms with Crippen LogP contribution in [0.2, 0.25) is 5.02 Å². The molecule has 2 nitrogen and oxygen atoms in total. The monoisotopic (exact) mass is 270 g/mol. The van der Waals surface area contributed by atoms with Crippen LogP contribution in [0.5, 0.6) is 0 Å². The van der Waals surface area contributed by atoms with Gasteiger partial charge in [0.15, 0.2) is 0 Å². The van der Waals surface area contributed by atoms with E-state index in [2.05, 4.69) is 24.1 Å². The largest absolute Gasteiger partial charge is 0.352 e. The molecule has 0 radical (unpaired) electrons. The molecule has 3 heteroatoms. The molecule has 0 aromatic heterocycles. The van der Waals surface area contributed by atoms with Gasteiger partial charge in [-0.15, -0.1) is 0 Å². The predicted molar refractivity (Wildman–Crippen MR) is 78.3 cm³/mol. The van der Waals surface area contributed by atoms with Crippen molar-refractivity contribution in [2.24, 2.45) is 4.99 Å². The molecule has 0 spiro atoms. The van der Waals surface area contributed by atoms with Gasteiger partial charge in [-0.25, -0.2) is 0 Å². The van der Waals surface area contributed by atoms with E-state index in [0.717, 1.165) is 27.7 Å². The Hall–Kier alpha value is -1.80. The van der Waals surface area contributed by atoms with Gasteiger partial charge in [0.25, 0.3) is 0 Å². The maximum absolute atomic E-state index is 6.31. The Morgan fingerprint density at radius 2 is 1.84 bits per heavy atom. The second kappa shape index (κ2) is 5.06. The fourth-order valence-corrected chi connectivity index (χ4v) is 2.60. The SMILES string of the molecule is CCN1C=c2ccccc2=NC1c1ccccc1Cl. The van der Waals surface area contributed by atoms with Gasteiger partial charge in [0.05, 0.1) is 5.36 Å². The fourth-order valence-electron chi connectivity index (χ4n) is 2.37. The van der Waals surface area contributed by atoms with Gasteiger partial charge < -0.3 is 4.90 Å². The zero-order chi connectivity index (χ0) is 13.2. The van der Waals surface area contributed by atoms with E-state index in [-0.39, 0.29) is 6.17 Å². The Balaban J connectivity index is 2.17. The first-order valence-electron chi connectivity index (χ1n) is 6.44. The van der Waals surface area contributed by atoms with Gasteiger partial charge in [-0.05, 0) is 19.1 Å². The second-order valence-electron chi connectivity index (χ2n) is 4.54. The molecular weight excluding hydrogens is 256 g/mol. The van der Waals surface area contributed by atoms with Gasteiger partial charge in [-0.3, -0.25) is 4.99 Å². The highest BCUT2D eigenvalue weighted by atomic mass is 35.5. The van der Waals surface area contributed by atoms with Gasteiger partial charge in [0, 0.05) is 28.5 Å². The van der Waals surface area contributed by atoms with Crippen LogP contribution in [0.1, 0.15) is 18.7 Å². The molecule has 1 aliphatic rings. The third-order valence-electron chi connectivity index (χ3n) is 3.37. The average molecular weight is 271 g/mol. The molecule has 0 fully saturated rings. The molecule has 1 heterocycles. The minimum Gasteiger partial charge on any atom is -0.352 e. The lowest BCUT2D eigenvalue weighted by molar-refractivity contribution is 0.321. The molecule has 2 aromatic carbocycles. The summed E-state index contributed by atoms with van der Waals surface area (Å²) >= 11 is 6.31. The molecule has 0 saturated carbocycles. The third kappa shape index (κ3) is 2.24. The number of hydrogen-bond donors (Lipinski definition) is 0. The summed E-state index contributed by atoms with van der Waals surface area (Å²) in [5.74, 6) is 0. The van der Waals surface area contributed by atoms with Crippen LogP contribution in [-0.2, 0) is 0 Å². The fraction of sp³-hybridized carbons (Fsp3) is 0.188. The van der Waals surface area contributed by atoms with Crippen molar-refractivity contribution >= 4 is 17.8 Å². The standard InChI is InChI=1S/C16H15ClN2/c1-2-19-11-12-7-3-6-10-15(12)18-16(19)13-8-4-5-9-14(13)17/h3-11,16H,2H2,1H3. The maximum Gasteiger partial charge on any atom is 0.148 e. The summed E-state index contributed by atoms with van der Waals surface area (Å²) in [6, 6.07) is 16.1. The first-order valence-corrected chi connectivity index (χ1v) is 6.82. The maximum atomic E-state index is 6.31. The van der Waals surface area contributed by atoms with E-state index in [0.29, 0.717) is 0 Å². The summed E-state index contributed by atoms with van der Waals surface area (Å²) in [5.41, 5.74) is 1.05. The van der Waals surface area contributed by atoms with E-state index in [1.54, 1.807) is 0 Å². The van der Waals surface area contributed by atoms with Crippen LogP contribution in [0.25, 0.3) is 6.20 Å². The molecule has 2 aromatic rings. The Morgan fingerprint density at radius 1 is 1.11 bits per heavy atom. The van der Waals surface area contributed by atoms with Crippen molar-refractivity contribution in [2.75, 3.05) is 6.54 Å². The number of halogens is 1. The van der Waals surface area contributed by atoms with Crippen molar-refractivity contribution in [3.63, 3.8) is 0 Å². The van der Waals surface area contributed by atoms with Gasteiger partial charge in [0.1, 0.15) is 6.17 Å². The van der Waals surface area contributed by atoms with Crippen molar-refractivity contribution < 1.29 is 0 Å². The van der Waals surface area contributed by atoms with Crippen LogP contribution in [-0.4, -0.2) is 11.4 Å². The summed E-state index contributed by atoms with van der Waals surface area (Å²) in [6.07, 6.45) is 2.13. The van der Waals surface area contributed by atoms with Crippen molar-refractivity contribution in [1.29, 1.82) is 0 Å². The van der Waals surface area contributed by atoms with Crippen LogP contribution in [0.3, 0.4) is 0 Å². The summed E-state index contributed by atoms with van der Waals surface area (Å²) in [4.78, 5) is 7.05. The molecule has 1 aliphatic heterocycles. The van der Waals surface area contributed by atoms with Crippen molar-refractivity contribution in [3.05, 3.63) is 69.7 Å². The highest BCUT2D eigenvalue weighted by Crippen LogP contribution is 2.28.